The van der Waals surface area contributed by atoms with Gasteiger partial charge in [-0.05, 0) is 58.5 Å². The lowest BCUT2D eigenvalue weighted by Crippen LogP contribution is -2.01. The maximum absolute atomic E-state index is 12.7. The standard InChI is InChI=1S/C14H10FIO3/c15-11-4-1-9(2-5-11)8-19-13-7-10(14(17)18)3-6-12(13)16/h1-7H,8H2,(H,17,18). The topological polar surface area (TPSA) is 46.5 Å². The van der Waals surface area contributed by atoms with Crippen molar-refractivity contribution in [1.82, 2.24) is 0 Å². The van der Waals surface area contributed by atoms with Crippen LogP contribution in [0.3, 0.4) is 0 Å². The Balaban J connectivity index is 2.12. The van der Waals surface area contributed by atoms with Crippen molar-refractivity contribution < 1.29 is 19.0 Å². The van der Waals surface area contributed by atoms with E-state index in [-0.39, 0.29) is 18.0 Å². The molecule has 2 aromatic carbocycles. The number of carbonyl (C=O) groups is 1. The quantitative estimate of drug-likeness (QED) is 0.833. The summed E-state index contributed by atoms with van der Waals surface area (Å²) in [7, 11) is 0. The molecule has 0 aliphatic carbocycles. The zero-order chi connectivity index (χ0) is 13.8. The Bertz CT molecular complexity index is 596. The normalized spacial score (nSPS) is 10.2. The average Bonchev–Trinajstić information content (AvgIpc) is 2.39. The fourth-order valence-electron chi connectivity index (χ4n) is 1.49. The number of ether oxygens (including phenoxy) is 1. The van der Waals surface area contributed by atoms with E-state index in [1.54, 1.807) is 18.2 Å². The lowest BCUT2D eigenvalue weighted by atomic mass is 10.2. The van der Waals surface area contributed by atoms with Gasteiger partial charge in [-0.1, -0.05) is 12.1 Å². The summed E-state index contributed by atoms with van der Waals surface area (Å²) in [6.07, 6.45) is 0. The minimum Gasteiger partial charge on any atom is -0.488 e. The molecule has 98 valence electrons. The molecule has 0 fully saturated rings. The third kappa shape index (κ3) is 3.66. The van der Waals surface area contributed by atoms with Gasteiger partial charge in [0.25, 0.3) is 0 Å². The van der Waals surface area contributed by atoms with Crippen molar-refractivity contribution in [3.05, 3.63) is 63.0 Å². The van der Waals surface area contributed by atoms with Crippen LogP contribution in [0, 0.1) is 9.39 Å². The molecule has 2 aromatic rings. The molecule has 0 amide bonds. The number of hydrogen-bond donors (Lipinski definition) is 1. The van der Waals surface area contributed by atoms with Gasteiger partial charge in [0.2, 0.25) is 0 Å². The molecule has 1 N–H and O–H groups in total. The van der Waals surface area contributed by atoms with Gasteiger partial charge in [0.1, 0.15) is 18.2 Å². The second kappa shape index (κ2) is 6.01. The van der Waals surface area contributed by atoms with E-state index in [2.05, 4.69) is 22.6 Å². The fraction of sp³-hybridized carbons (Fsp3) is 0.0714. The van der Waals surface area contributed by atoms with E-state index in [4.69, 9.17) is 9.84 Å². The van der Waals surface area contributed by atoms with E-state index in [1.807, 2.05) is 0 Å². The van der Waals surface area contributed by atoms with Crippen molar-refractivity contribution in [2.45, 2.75) is 6.61 Å². The second-order valence-electron chi connectivity index (χ2n) is 3.87. The highest BCUT2D eigenvalue weighted by atomic mass is 127. The summed E-state index contributed by atoms with van der Waals surface area (Å²) in [6.45, 7) is 0.263. The predicted octanol–water partition coefficient (Wildman–Crippen LogP) is 3.71. The lowest BCUT2D eigenvalue weighted by Gasteiger charge is -2.09. The molecule has 0 aliphatic heterocycles. The van der Waals surface area contributed by atoms with Crippen LogP contribution in [0.2, 0.25) is 0 Å². The van der Waals surface area contributed by atoms with Crippen LogP contribution < -0.4 is 4.74 Å². The fourth-order valence-corrected chi connectivity index (χ4v) is 1.98. The highest BCUT2D eigenvalue weighted by molar-refractivity contribution is 14.1. The Morgan fingerprint density at radius 1 is 1.21 bits per heavy atom. The number of carboxylic acid groups (broad SMARTS) is 1. The van der Waals surface area contributed by atoms with E-state index in [0.717, 1.165) is 9.13 Å². The van der Waals surface area contributed by atoms with Crippen LogP contribution in [0.5, 0.6) is 5.75 Å². The highest BCUT2D eigenvalue weighted by Gasteiger charge is 2.08. The van der Waals surface area contributed by atoms with Gasteiger partial charge >= 0.3 is 5.97 Å². The molecule has 0 spiro atoms. The molecule has 19 heavy (non-hydrogen) atoms. The first kappa shape index (κ1) is 13.8. The summed E-state index contributed by atoms with van der Waals surface area (Å²) in [5.41, 5.74) is 0.993. The van der Waals surface area contributed by atoms with Crippen LogP contribution in [-0.4, -0.2) is 11.1 Å². The van der Waals surface area contributed by atoms with Crippen molar-refractivity contribution in [3.8, 4) is 5.75 Å². The summed E-state index contributed by atoms with van der Waals surface area (Å²) in [5, 5.41) is 8.92. The zero-order valence-electron chi connectivity index (χ0n) is 9.77. The molecule has 0 aliphatic rings. The highest BCUT2D eigenvalue weighted by Crippen LogP contribution is 2.23. The zero-order valence-corrected chi connectivity index (χ0v) is 11.9. The third-order valence-corrected chi connectivity index (χ3v) is 3.38. The van der Waals surface area contributed by atoms with Gasteiger partial charge in [-0.25, -0.2) is 9.18 Å². The van der Waals surface area contributed by atoms with Crippen LogP contribution in [0.15, 0.2) is 42.5 Å². The van der Waals surface area contributed by atoms with E-state index in [1.165, 1.54) is 24.3 Å². The Labute approximate surface area is 123 Å². The first-order valence-corrected chi connectivity index (χ1v) is 6.54. The molecule has 0 atom stereocenters. The van der Waals surface area contributed by atoms with E-state index in [9.17, 15) is 9.18 Å². The maximum Gasteiger partial charge on any atom is 0.335 e. The summed E-state index contributed by atoms with van der Waals surface area (Å²) in [5.74, 6) is -0.793. The monoisotopic (exact) mass is 372 g/mol. The van der Waals surface area contributed by atoms with Gasteiger partial charge < -0.3 is 9.84 Å². The second-order valence-corrected chi connectivity index (χ2v) is 5.03. The van der Waals surface area contributed by atoms with Crippen LogP contribution >= 0.6 is 22.6 Å². The van der Waals surface area contributed by atoms with Gasteiger partial charge in [0, 0.05) is 0 Å². The molecule has 0 bridgehead atoms. The molecule has 0 radical (unpaired) electrons. The van der Waals surface area contributed by atoms with E-state index >= 15 is 0 Å². The van der Waals surface area contributed by atoms with Gasteiger partial charge in [-0.2, -0.15) is 0 Å². The van der Waals surface area contributed by atoms with Crippen molar-refractivity contribution in [3.63, 3.8) is 0 Å². The van der Waals surface area contributed by atoms with Crippen LogP contribution in [0.4, 0.5) is 4.39 Å². The summed E-state index contributed by atoms with van der Waals surface area (Å²) >= 11 is 2.07. The molecule has 0 saturated heterocycles. The number of benzene rings is 2. The van der Waals surface area contributed by atoms with Crippen molar-refractivity contribution in [1.29, 1.82) is 0 Å². The predicted molar refractivity (Wildman–Crippen MR) is 76.9 cm³/mol. The largest absolute Gasteiger partial charge is 0.488 e. The number of rotatable bonds is 4. The minimum atomic E-state index is -0.997. The Morgan fingerprint density at radius 3 is 2.53 bits per heavy atom. The van der Waals surface area contributed by atoms with Crippen LogP contribution in [0.1, 0.15) is 15.9 Å². The van der Waals surface area contributed by atoms with Crippen LogP contribution in [0.25, 0.3) is 0 Å². The number of carboxylic acids is 1. The summed E-state index contributed by atoms with van der Waals surface area (Å²) in [6, 6.07) is 10.7. The summed E-state index contributed by atoms with van der Waals surface area (Å²) < 4.78 is 19.1. The molecule has 0 aromatic heterocycles. The minimum absolute atomic E-state index is 0.175. The van der Waals surface area contributed by atoms with E-state index < -0.39 is 5.97 Å². The maximum atomic E-state index is 12.7. The van der Waals surface area contributed by atoms with Gasteiger partial charge in [-0.3, -0.25) is 0 Å². The Hall–Kier alpha value is -1.63. The third-order valence-electron chi connectivity index (χ3n) is 2.49. The molecule has 0 unspecified atom stereocenters. The Morgan fingerprint density at radius 2 is 1.89 bits per heavy atom. The molecule has 5 heteroatoms. The summed E-state index contributed by atoms with van der Waals surface area (Å²) in [4.78, 5) is 10.9. The van der Waals surface area contributed by atoms with Gasteiger partial charge in [-0.15, -0.1) is 0 Å². The van der Waals surface area contributed by atoms with E-state index in [0.29, 0.717) is 5.75 Å². The molecule has 3 nitrogen and oxygen atoms in total. The van der Waals surface area contributed by atoms with Gasteiger partial charge in [0.15, 0.2) is 0 Å². The van der Waals surface area contributed by atoms with Gasteiger partial charge in [0.05, 0.1) is 9.13 Å². The van der Waals surface area contributed by atoms with Crippen molar-refractivity contribution in [2.75, 3.05) is 0 Å². The lowest BCUT2D eigenvalue weighted by molar-refractivity contribution is 0.0696. The molecule has 0 heterocycles. The smallest absolute Gasteiger partial charge is 0.335 e. The van der Waals surface area contributed by atoms with Crippen molar-refractivity contribution in [2.24, 2.45) is 0 Å². The Kier molecular flexibility index (Phi) is 4.36. The van der Waals surface area contributed by atoms with Crippen LogP contribution in [-0.2, 0) is 6.61 Å². The molecular weight excluding hydrogens is 362 g/mol. The number of hydrogen-bond acceptors (Lipinski definition) is 2. The first-order valence-electron chi connectivity index (χ1n) is 5.46. The molecule has 2 rings (SSSR count). The molecule has 0 saturated carbocycles. The molecular formula is C14H10FIO3. The SMILES string of the molecule is O=C(O)c1ccc(I)c(OCc2ccc(F)cc2)c1. The first-order chi connectivity index (χ1) is 9.06. The average molecular weight is 372 g/mol. The van der Waals surface area contributed by atoms with Crippen molar-refractivity contribution >= 4 is 28.6 Å². The number of aromatic carboxylic acids is 1. The number of halogens is 2.